The fourth-order valence-corrected chi connectivity index (χ4v) is 2.93. The highest BCUT2D eigenvalue weighted by atomic mass is 16.3. The quantitative estimate of drug-likeness (QED) is 0.722. The van der Waals surface area contributed by atoms with E-state index in [2.05, 4.69) is 18.7 Å². The van der Waals surface area contributed by atoms with Crippen LogP contribution in [-0.2, 0) is 0 Å². The number of unbranched alkanes of at least 4 members (excludes halogenated alkanes) is 1. The number of rotatable bonds is 7. The molecule has 0 heterocycles. The van der Waals surface area contributed by atoms with Gasteiger partial charge in [0.25, 0.3) is 0 Å². The largest absolute Gasteiger partial charge is 0.395 e. The predicted molar refractivity (Wildman–Crippen MR) is 69.6 cm³/mol. The van der Waals surface area contributed by atoms with E-state index in [0.717, 1.165) is 18.5 Å². The second-order valence-corrected chi connectivity index (χ2v) is 5.21. The van der Waals surface area contributed by atoms with Crippen molar-refractivity contribution in [2.45, 2.75) is 64.8 Å². The molecule has 0 amide bonds. The van der Waals surface area contributed by atoms with Crippen molar-refractivity contribution in [3.63, 3.8) is 0 Å². The molecule has 1 saturated carbocycles. The van der Waals surface area contributed by atoms with Crippen molar-refractivity contribution >= 4 is 0 Å². The van der Waals surface area contributed by atoms with Crippen molar-refractivity contribution in [1.29, 1.82) is 0 Å². The van der Waals surface area contributed by atoms with Crippen molar-refractivity contribution in [2.24, 2.45) is 5.92 Å². The number of aliphatic hydroxyl groups excluding tert-OH is 1. The first-order valence-electron chi connectivity index (χ1n) is 7.16. The molecule has 2 unspecified atom stereocenters. The summed E-state index contributed by atoms with van der Waals surface area (Å²) in [4.78, 5) is 2.53. The van der Waals surface area contributed by atoms with E-state index >= 15 is 0 Å². The number of hydrogen-bond acceptors (Lipinski definition) is 2. The smallest absolute Gasteiger partial charge is 0.0558 e. The lowest BCUT2D eigenvalue weighted by atomic mass is 9.83. The lowest BCUT2D eigenvalue weighted by molar-refractivity contribution is 0.103. The van der Waals surface area contributed by atoms with Crippen LogP contribution in [0.15, 0.2) is 0 Å². The lowest BCUT2D eigenvalue weighted by Gasteiger charge is -2.37. The molecule has 16 heavy (non-hydrogen) atoms. The Morgan fingerprint density at radius 3 is 2.62 bits per heavy atom. The molecule has 2 heteroatoms. The molecule has 0 radical (unpaired) electrons. The summed E-state index contributed by atoms with van der Waals surface area (Å²) in [5.41, 5.74) is 0. The maximum atomic E-state index is 9.15. The van der Waals surface area contributed by atoms with Crippen molar-refractivity contribution in [3.8, 4) is 0 Å². The van der Waals surface area contributed by atoms with E-state index in [4.69, 9.17) is 5.11 Å². The van der Waals surface area contributed by atoms with Crippen LogP contribution in [0.5, 0.6) is 0 Å². The molecule has 1 rings (SSSR count). The first kappa shape index (κ1) is 14.0. The van der Waals surface area contributed by atoms with E-state index in [9.17, 15) is 0 Å². The summed E-state index contributed by atoms with van der Waals surface area (Å²) >= 11 is 0. The molecule has 2 atom stereocenters. The van der Waals surface area contributed by atoms with Gasteiger partial charge in [0.15, 0.2) is 0 Å². The zero-order chi connectivity index (χ0) is 11.8. The van der Waals surface area contributed by atoms with Crippen molar-refractivity contribution in [2.75, 3.05) is 19.7 Å². The molecule has 0 aromatic carbocycles. The van der Waals surface area contributed by atoms with Gasteiger partial charge in [-0.05, 0) is 31.7 Å². The maximum Gasteiger partial charge on any atom is 0.0558 e. The van der Waals surface area contributed by atoms with E-state index in [1.54, 1.807) is 0 Å². The molecule has 1 aliphatic rings. The molecule has 0 aromatic rings. The standard InChI is InChI=1S/C14H29NO/c1-3-5-9-15(10-11-16)14-8-6-7-13(4-2)12-14/h13-14,16H,3-12H2,1-2H3. The van der Waals surface area contributed by atoms with Gasteiger partial charge in [0, 0.05) is 12.6 Å². The summed E-state index contributed by atoms with van der Waals surface area (Å²) in [5, 5.41) is 9.15. The maximum absolute atomic E-state index is 9.15. The molecule has 1 fully saturated rings. The van der Waals surface area contributed by atoms with Gasteiger partial charge in [0.1, 0.15) is 0 Å². The van der Waals surface area contributed by atoms with Crippen LogP contribution in [0.25, 0.3) is 0 Å². The summed E-state index contributed by atoms with van der Waals surface area (Å²) < 4.78 is 0. The highest BCUT2D eigenvalue weighted by Gasteiger charge is 2.25. The first-order valence-corrected chi connectivity index (χ1v) is 7.16. The second kappa shape index (κ2) is 8.08. The molecule has 2 nitrogen and oxygen atoms in total. The third-order valence-corrected chi connectivity index (χ3v) is 4.03. The minimum atomic E-state index is 0.316. The highest BCUT2D eigenvalue weighted by Crippen LogP contribution is 2.29. The van der Waals surface area contributed by atoms with Crippen LogP contribution in [0, 0.1) is 5.92 Å². The number of hydrogen-bond donors (Lipinski definition) is 1. The third kappa shape index (κ3) is 4.42. The van der Waals surface area contributed by atoms with Crippen LogP contribution in [0.1, 0.15) is 58.8 Å². The fraction of sp³-hybridized carbons (Fsp3) is 1.00. The predicted octanol–water partition coefficient (Wildman–Crippen LogP) is 3.05. The zero-order valence-electron chi connectivity index (χ0n) is 11.1. The lowest BCUT2D eigenvalue weighted by Crippen LogP contribution is -2.41. The van der Waals surface area contributed by atoms with Gasteiger partial charge in [-0.25, -0.2) is 0 Å². The Morgan fingerprint density at radius 2 is 2.00 bits per heavy atom. The molecule has 0 aromatic heterocycles. The summed E-state index contributed by atoms with van der Waals surface area (Å²) in [6.45, 7) is 6.93. The molecule has 0 spiro atoms. The average molecular weight is 227 g/mol. The molecule has 1 N–H and O–H groups in total. The van der Waals surface area contributed by atoms with Crippen molar-refractivity contribution < 1.29 is 5.11 Å². The molecule has 0 aliphatic heterocycles. The molecule has 96 valence electrons. The zero-order valence-corrected chi connectivity index (χ0v) is 11.1. The Morgan fingerprint density at radius 1 is 1.19 bits per heavy atom. The van der Waals surface area contributed by atoms with Crippen LogP contribution in [0.4, 0.5) is 0 Å². The van der Waals surface area contributed by atoms with Gasteiger partial charge >= 0.3 is 0 Å². The van der Waals surface area contributed by atoms with Crippen molar-refractivity contribution in [3.05, 3.63) is 0 Å². The van der Waals surface area contributed by atoms with Gasteiger partial charge in [-0.2, -0.15) is 0 Å². The van der Waals surface area contributed by atoms with E-state index in [-0.39, 0.29) is 0 Å². The highest BCUT2D eigenvalue weighted by molar-refractivity contribution is 4.80. The Kier molecular flexibility index (Phi) is 7.06. The first-order chi connectivity index (χ1) is 7.81. The van der Waals surface area contributed by atoms with Crippen molar-refractivity contribution in [1.82, 2.24) is 4.90 Å². The van der Waals surface area contributed by atoms with Crippen LogP contribution in [0.2, 0.25) is 0 Å². The van der Waals surface area contributed by atoms with Crippen LogP contribution < -0.4 is 0 Å². The summed E-state index contributed by atoms with van der Waals surface area (Å²) in [6, 6.07) is 0.748. The van der Waals surface area contributed by atoms with E-state index in [1.807, 2.05) is 0 Å². The van der Waals surface area contributed by atoms with Gasteiger partial charge < -0.3 is 5.11 Å². The molecular weight excluding hydrogens is 198 g/mol. The SMILES string of the molecule is CCCCN(CCO)C1CCCC(CC)C1. The topological polar surface area (TPSA) is 23.5 Å². The number of aliphatic hydroxyl groups is 1. The Labute approximate surface area is 101 Å². The molecular formula is C14H29NO. The second-order valence-electron chi connectivity index (χ2n) is 5.21. The van der Waals surface area contributed by atoms with E-state index < -0.39 is 0 Å². The minimum Gasteiger partial charge on any atom is -0.395 e. The average Bonchev–Trinajstić information content (AvgIpc) is 2.34. The van der Waals surface area contributed by atoms with Crippen LogP contribution >= 0.6 is 0 Å². The van der Waals surface area contributed by atoms with Gasteiger partial charge in [-0.3, -0.25) is 4.90 Å². The fourth-order valence-electron chi connectivity index (χ4n) is 2.93. The summed E-state index contributed by atoms with van der Waals surface area (Å²) in [5.74, 6) is 0.932. The summed E-state index contributed by atoms with van der Waals surface area (Å²) in [7, 11) is 0. The van der Waals surface area contributed by atoms with Gasteiger partial charge in [0.2, 0.25) is 0 Å². The Bertz CT molecular complexity index is 170. The Hall–Kier alpha value is -0.0800. The van der Waals surface area contributed by atoms with Gasteiger partial charge in [-0.15, -0.1) is 0 Å². The van der Waals surface area contributed by atoms with E-state index in [0.29, 0.717) is 6.61 Å². The molecule has 0 bridgehead atoms. The van der Waals surface area contributed by atoms with Gasteiger partial charge in [-0.1, -0.05) is 39.5 Å². The van der Waals surface area contributed by atoms with E-state index in [1.165, 1.54) is 51.5 Å². The monoisotopic (exact) mass is 227 g/mol. The number of nitrogens with zero attached hydrogens (tertiary/aromatic N) is 1. The molecule has 0 saturated heterocycles. The molecule has 1 aliphatic carbocycles. The third-order valence-electron chi connectivity index (χ3n) is 4.03. The summed E-state index contributed by atoms with van der Waals surface area (Å²) in [6.07, 6.45) is 9.38. The van der Waals surface area contributed by atoms with Gasteiger partial charge in [0.05, 0.1) is 6.61 Å². The van der Waals surface area contributed by atoms with Crippen LogP contribution in [-0.4, -0.2) is 35.7 Å². The minimum absolute atomic E-state index is 0.316. The normalized spacial score (nSPS) is 26.2. The Balaban J connectivity index is 2.41. The van der Waals surface area contributed by atoms with Crippen LogP contribution in [0.3, 0.4) is 0 Å².